The number of rotatable bonds is 6. The molecule has 0 aromatic carbocycles. The lowest BCUT2D eigenvalue weighted by atomic mass is 9.81. The van der Waals surface area contributed by atoms with Crippen LogP contribution in [-0.2, 0) is 23.8 Å². The Bertz CT molecular complexity index is 465. The van der Waals surface area contributed by atoms with Crippen LogP contribution in [-0.4, -0.2) is 39.4 Å². The average Bonchev–Trinajstić information content (AvgIpc) is 2.47. The SMILES string of the molecule is C#CCOCC#CCC(CC#C)(C(=O)OC)C(=O)OC. The summed E-state index contributed by atoms with van der Waals surface area (Å²) < 4.78 is 14.2. The van der Waals surface area contributed by atoms with Gasteiger partial charge in [0.15, 0.2) is 5.41 Å². The van der Waals surface area contributed by atoms with Crippen LogP contribution >= 0.6 is 0 Å². The van der Waals surface area contributed by atoms with E-state index in [0.29, 0.717) is 0 Å². The van der Waals surface area contributed by atoms with Crippen LogP contribution in [0.25, 0.3) is 0 Å². The van der Waals surface area contributed by atoms with E-state index in [4.69, 9.17) is 17.6 Å². The van der Waals surface area contributed by atoms with Crippen molar-refractivity contribution in [3.63, 3.8) is 0 Å². The molecule has 0 aromatic rings. The first-order valence-electron chi connectivity index (χ1n) is 5.66. The Balaban J connectivity index is 5.03. The monoisotopic (exact) mass is 276 g/mol. The zero-order valence-electron chi connectivity index (χ0n) is 11.5. The second-order valence-electron chi connectivity index (χ2n) is 3.67. The molecule has 0 bridgehead atoms. The van der Waals surface area contributed by atoms with Gasteiger partial charge in [0.1, 0.15) is 13.2 Å². The molecule has 0 atom stereocenters. The minimum atomic E-state index is -1.61. The lowest BCUT2D eigenvalue weighted by Gasteiger charge is -2.23. The summed E-state index contributed by atoms with van der Waals surface area (Å²) in [7, 11) is 2.33. The Labute approximate surface area is 119 Å². The average molecular weight is 276 g/mol. The van der Waals surface area contributed by atoms with Crippen molar-refractivity contribution in [1.82, 2.24) is 0 Å². The fraction of sp³-hybridized carbons (Fsp3) is 0.467. The lowest BCUT2D eigenvalue weighted by molar-refractivity contribution is -0.168. The molecule has 0 amide bonds. The number of carbonyl (C=O) groups excluding carboxylic acids is 2. The second-order valence-corrected chi connectivity index (χ2v) is 3.67. The Kier molecular flexibility index (Phi) is 8.35. The Morgan fingerprint density at radius 3 is 2.00 bits per heavy atom. The van der Waals surface area contributed by atoms with Gasteiger partial charge in [-0.1, -0.05) is 17.8 Å². The van der Waals surface area contributed by atoms with E-state index >= 15 is 0 Å². The highest BCUT2D eigenvalue weighted by molar-refractivity contribution is 6.00. The molecule has 20 heavy (non-hydrogen) atoms. The molecule has 0 N–H and O–H groups in total. The number of ether oxygens (including phenoxy) is 3. The number of hydrogen-bond donors (Lipinski definition) is 0. The summed E-state index contributed by atoms with van der Waals surface area (Å²) in [6.07, 6.45) is 9.93. The van der Waals surface area contributed by atoms with Gasteiger partial charge in [-0.3, -0.25) is 9.59 Å². The summed E-state index contributed by atoms with van der Waals surface area (Å²) in [6.45, 7) is 0.233. The van der Waals surface area contributed by atoms with E-state index in [0.717, 1.165) is 0 Å². The largest absolute Gasteiger partial charge is 0.468 e. The van der Waals surface area contributed by atoms with Gasteiger partial charge < -0.3 is 14.2 Å². The molecule has 0 rings (SSSR count). The molecule has 106 valence electrons. The van der Waals surface area contributed by atoms with Crippen molar-refractivity contribution < 1.29 is 23.8 Å². The normalized spacial score (nSPS) is 9.40. The first kappa shape index (κ1) is 17.6. The van der Waals surface area contributed by atoms with Crippen LogP contribution in [0.3, 0.4) is 0 Å². The van der Waals surface area contributed by atoms with Gasteiger partial charge in [0.25, 0.3) is 0 Å². The van der Waals surface area contributed by atoms with Crippen molar-refractivity contribution >= 4 is 11.9 Å². The minimum absolute atomic E-state index is 0.0959. The maximum absolute atomic E-state index is 11.8. The summed E-state index contributed by atoms with van der Waals surface area (Å²) in [6, 6.07) is 0. The molecule has 0 saturated heterocycles. The van der Waals surface area contributed by atoms with Gasteiger partial charge in [0, 0.05) is 12.8 Å². The highest BCUT2D eigenvalue weighted by atomic mass is 16.5. The van der Waals surface area contributed by atoms with Crippen molar-refractivity contribution in [3.8, 4) is 36.5 Å². The molecule has 0 heterocycles. The Morgan fingerprint density at radius 1 is 0.950 bits per heavy atom. The maximum Gasteiger partial charge on any atom is 0.325 e. The number of carbonyl (C=O) groups is 2. The van der Waals surface area contributed by atoms with E-state index in [2.05, 4.69) is 33.2 Å². The van der Waals surface area contributed by atoms with Gasteiger partial charge in [0.2, 0.25) is 0 Å². The van der Waals surface area contributed by atoms with Crippen LogP contribution < -0.4 is 0 Å². The third-order valence-corrected chi connectivity index (χ3v) is 2.43. The first-order valence-corrected chi connectivity index (χ1v) is 5.66. The number of esters is 2. The maximum atomic E-state index is 11.8. The standard InChI is InChI=1S/C15H16O5/c1-5-9-15(13(16)18-3,14(17)19-4)10-7-8-12-20-11-6-2/h1-2H,9-12H2,3-4H3. The smallest absolute Gasteiger partial charge is 0.325 e. The quantitative estimate of drug-likeness (QED) is 0.304. The molecule has 0 saturated carbocycles. The predicted octanol–water partition coefficient (Wildman–Crippen LogP) is 0.385. The summed E-state index contributed by atoms with van der Waals surface area (Å²) >= 11 is 0. The molecule has 0 aromatic heterocycles. The number of hydrogen-bond acceptors (Lipinski definition) is 5. The molecule has 0 aliphatic rings. The van der Waals surface area contributed by atoms with E-state index in [1.807, 2.05) is 0 Å². The zero-order chi connectivity index (χ0) is 15.4. The summed E-state index contributed by atoms with van der Waals surface area (Å²) in [5.74, 6) is 8.30. The summed E-state index contributed by atoms with van der Waals surface area (Å²) in [5.41, 5.74) is -1.61. The van der Waals surface area contributed by atoms with E-state index in [1.165, 1.54) is 14.2 Å². The van der Waals surface area contributed by atoms with Gasteiger partial charge in [-0.05, 0) is 0 Å². The van der Waals surface area contributed by atoms with Gasteiger partial charge in [0.05, 0.1) is 14.2 Å². The van der Waals surface area contributed by atoms with E-state index < -0.39 is 17.4 Å². The van der Waals surface area contributed by atoms with Crippen LogP contribution in [0.2, 0.25) is 0 Å². The molecule has 0 unspecified atom stereocenters. The first-order chi connectivity index (χ1) is 9.58. The van der Waals surface area contributed by atoms with Gasteiger partial charge in [-0.25, -0.2) is 0 Å². The van der Waals surface area contributed by atoms with Crippen LogP contribution in [0.1, 0.15) is 12.8 Å². The Morgan fingerprint density at radius 2 is 1.55 bits per heavy atom. The van der Waals surface area contributed by atoms with Crippen molar-refractivity contribution in [2.24, 2.45) is 5.41 Å². The van der Waals surface area contributed by atoms with Crippen molar-refractivity contribution in [2.75, 3.05) is 27.4 Å². The fourth-order valence-corrected chi connectivity index (χ4v) is 1.42. The van der Waals surface area contributed by atoms with Gasteiger partial charge in [-0.15, -0.1) is 18.8 Å². The third kappa shape index (κ3) is 4.69. The van der Waals surface area contributed by atoms with Crippen molar-refractivity contribution in [1.29, 1.82) is 0 Å². The van der Waals surface area contributed by atoms with Gasteiger partial charge in [-0.2, -0.15) is 0 Å². The van der Waals surface area contributed by atoms with Crippen LogP contribution in [0.4, 0.5) is 0 Å². The summed E-state index contributed by atoms with van der Waals surface area (Å²) in [4.78, 5) is 23.7. The van der Waals surface area contributed by atoms with Crippen LogP contribution in [0, 0.1) is 41.9 Å². The minimum Gasteiger partial charge on any atom is -0.468 e. The van der Waals surface area contributed by atoms with E-state index in [1.54, 1.807) is 0 Å². The molecular weight excluding hydrogens is 260 g/mol. The fourth-order valence-electron chi connectivity index (χ4n) is 1.42. The molecule has 5 heteroatoms. The molecule has 0 aliphatic carbocycles. The zero-order valence-corrected chi connectivity index (χ0v) is 11.5. The topological polar surface area (TPSA) is 61.8 Å². The molecular formula is C15H16O5. The molecule has 0 aliphatic heterocycles. The van der Waals surface area contributed by atoms with E-state index in [9.17, 15) is 9.59 Å². The highest BCUT2D eigenvalue weighted by Crippen LogP contribution is 2.29. The van der Waals surface area contributed by atoms with Crippen LogP contribution in [0.15, 0.2) is 0 Å². The lowest BCUT2D eigenvalue weighted by Crippen LogP contribution is -2.40. The molecule has 0 fully saturated rings. The third-order valence-electron chi connectivity index (χ3n) is 2.43. The summed E-state index contributed by atoms with van der Waals surface area (Å²) in [5, 5.41) is 0. The number of terminal acetylenes is 2. The molecule has 5 nitrogen and oxygen atoms in total. The second kappa shape index (κ2) is 9.50. The molecule has 0 spiro atoms. The van der Waals surface area contributed by atoms with Crippen LogP contribution in [0.5, 0.6) is 0 Å². The predicted molar refractivity (Wildman–Crippen MR) is 72.0 cm³/mol. The molecule has 0 radical (unpaired) electrons. The Hall–Kier alpha value is -2.42. The number of methoxy groups -OCH3 is 2. The van der Waals surface area contributed by atoms with E-state index in [-0.39, 0.29) is 26.1 Å². The van der Waals surface area contributed by atoms with Crippen molar-refractivity contribution in [3.05, 3.63) is 0 Å². The van der Waals surface area contributed by atoms with Gasteiger partial charge >= 0.3 is 11.9 Å². The highest BCUT2D eigenvalue weighted by Gasteiger charge is 2.47. The van der Waals surface area contributed by atoms with Crippen molar-refractivity contribution in [2.45, 2.75) is 12.8 Å².